The summed E-state index contributed by atoms with van der Waals surface area (Å²) in [6, 6.07) is 10.8. The molecule has 4 heteroatoms. The molecular formula is C20H28N2O2. The molecule has 130 valence electrons. The molecule has 24 heavy (non-hydrogen) atoms. The number of amides is 2. The molecule has 4 nitrogen and oxygen atoms in total. The van der Waals surface area contributed by atoms with Gasteiger partial charge < -0.3 is 10.2 Å². The fourth-order valence-corrected chi connectivity index (χ4v) is 3.51. The second kappa shape index (κ2) is 8.32. The predicted molar refractivity (Wildman–Crippen MR) is 94.5 cm³/mol. The van der Waals surface area contributed by atoms with E-state index in [9.17, 15) is 9.59 Å². The van der Waals surface area contributed by atoms with E-state index in [4.69, 9.17) is 0 Å². The summed E-state index contributed by atoms with van der Waals surface area (Å²) in [6.07, 6.45) is 7.69. The number of nitrogens with one attached hydrogen (secondary N) is 1. The molecule has 0 aromatic heterocycles. The maximum atomic E-state index is 12.6. The maximum Gasteiger partial charge on any atom is 0.223 e. The number of carbonyl (C=O) groups excluding carboxylic acids is 2. The molecule has 1 aliphatic heterocycles. The molecule has 2 amide bonds. The fourth-order valence-electron chi connectivity index (χ4n) is 3.51. The van der Waals surface area contributed by atoms with E-state index in [0.29, 0.717) is 19.0 Å². The lowest BCUT2D eigenvalue weighted by atomic mass is 9.95. The lowest BCUT2D eigenvalue weighted by molar-refractivity contribution is -0.135. The third-order valence-electron chi connectivity index (χ3n) is 5.08. The van der Waals surface area contributed by atoms with Crippen molar-refractivity contribution < 1.29 is 9.59 Å². The Kier molecular flexibility index (Phi) is 5.89. The molecule has 1 N–H and O–H groups in total. The van der Waals surface area contributed by atoms with Crippen LogP contribution in [0.3, 0.4) is 0 Å². The molecule has 0 bridgehead atoms. The van der Waals surface area contributed by atoms with E-state index in [1.165, 1.54) is 12.0 Å². The molecule has 1 saturated carbocycles. The zero-order valence-electron chi connectivity index (χ0n) is 14.4. The lowest BCUT2D eigenvalue weighted by Gasteiger charge is -2.36. The summed E-state index contributed by atoms with van der Waals surface area (Å²) in [5, 5.41) is 2.94. The number of likely N-dealkylation sites (tertiary alicyclic amines) is 1. The van der Waals surface area contributed by atoms with Crippen LogP contribution in [0.2, 0.25) is 0 Å². The quantitative estimate of drug-likeness (QED) is 0.783. The van der Waals surface area contributed by atoms with Crippen molar-refractivity contribution in [2.24, 2.45) is 5.92 Å². The molecule has 0 radical (unpaired) electrons. The van der Waals surface area contributed by atoms with Crippen LogP contribution in [0.1, 0.15) is 50.5 Å². The standard InChI is InChI=1S/C20H28N2O2/c23-19(10-6-13-21-20(24)17-11-12-17)22-14-5-4-9-18(22)15-16-7-2-1-3-8-16/h1-3,7-8,17-18H,4-6,9-15H2,(H,21,24)/t18-/m0/s1. The molecule has 0 spiro atoms. The van der Waals surface area contributed by atoms with Gasteiger partial charge in [-0.15, -0.1) is 0 Å². The Balaban J connectivity index is 1.45. The first-order chi connectivity index (χ1) is 11.7. The molecule has 1 aliphatic carbocycles. The number of nitrogens with zero attached hydrogens (tertiary/aromatic N) is 1. The van der Waals surface area contributed by atoms with Gasteiger partial charge in [0, 0.05) is 31.5 Å². The van der Waals surface area contributed by atoms with Crippen molar-refractivity contribution in [3.8, 4) is 0 Å². The largest absolute Gasteiger partial charge is 0.356 e. The Morgan fingerprint density at radius 3 is 2.62 bits per heavy atom. The van der Waals surface area contributed by atoms with Crippen LogP contribution in [0.4, 0.5) is 0 Å². The highest BCUT2D eigenvalue weighted by molar-refractivity contribution is 5.81. The van der Waals surface area contributed by atoms with E-state index in [1.54, 1.807) is 0 Å². The van der Waals surface area contributed by atoms with E-state index >= 15 is 0 Å². The Labute approximate surface area is 144 Å². The third-order valence-corrected chi connectivity index (χ3v) is 5.08. The lowest BCUT2D eigenvalue weighted by Crippen LogP contribution is -2.45. The molecule has 3 rings (SSSR count). The summed E-state index contributed by atoms with van der Waals surface area (Å²) in [5.41, 5.74) is 1.30. The predicted octanol–water partition coefficient (Wildman–Crippen LogP) is 2.92. The van der Waals surface area contributed by atoms with Gasteiger partial charge in [-0.25, -0.2) is 0 Å². The first kappa shape index (κ1) is 17.0. The monoisotopic (exact) mass is 328 g/mol. The van der Waals surface area contributed by atoms with Crippen LogP contribution in [0.25, 0.3) is 0 Å². The van der Waals surface area contributed by atoms with Crippen molar-refractivity contribution in [2.75, 3.05) is 13.1 Å². The highest BCUT2D eigenvalue weighted by atomic mass is 16.2. The smallest absolute Gasteiger partial charge is 0.223 e. The van der Waals surface area contributed by atoms with Gasteiger partial charge in [0.25, 0.3) is 0 Å². The highest BCUT2D eigenvalue weighted by Gasteiger charge is 2.29. The molecule has 1 heterocycles. The van der Waals surface area contributed by atoms with Crippen LogP contribution in [-0.4, -0.2) is 35.8 Å². The number of piperidine rings is 1. The van der Waals surface area contributed by atoms with Crippen LogP contribution in [0.15, 0.2) is 30.3 Å². The van der Waals surface area contributed by atoms with Crippen LogP contribution in [0.5, 0.6) is 0 Å². The van der Waals surface area contributed by atoms with Crippen molar-refractivity contribution in [3.05, 3.63) is 35.9 Å². The van der Waals surface area contributed by atoms with Gasteiger partial charge in [-0.05, 0) is 50.5 Å². The average molecular weight is 328 g/mol. The Morgan fingerprint density at radius 1 is 1.08 bits per heavy atom. The van der Waals surface area contributed by atoms with E-state index in [0.717, 1.165) is 45.1 Å². The minimum Gasteiger partial charge on any atom is -0.356 e. The van der Waals surface area contributed by atoms with Gasteiger partial charge in [0.15, 0.2) is 0 Å². The minimum absolute atomic E-state index is 0.169. The molecule has 1 atom stereocenters. The van der Waals surface area contributed by atoms with Crippen molar-refractivity contribution in [1.82, 2.24) is 10.2 Å². The van der Waals surface area contributed by atoms with Gasteiger partial charge in [0.1, 0.15) is 0 Å². The van der Waals surface area contributed by atoms with Crippen molar-refractivity contribution in [3.63, 3.8) is 0 Å². The second-order valence-electron chi connectivity index (χ2n) is 7.10. The highest BCUT2D eigenvalue weighted by Crippen LogP contribution is 2.28. The first-order valence-corrected chi connectivity index (χ1v) is 9.35. The average Bonchev–Trinajstić information content (AvgIpc) is 3.45. The molecule has 2 aliphatic rings. The Morgan fingerprint density at radius 2 is 1.88 bits per heavy atom. The fraction of sp³-hybridized carbons (Fsp3) is 0.600. The van der Waals surface area contributed by atoms with Gasteiger partial charge in [0.2, 0.25) is 11.8 Å². The third kappa shape index (κ3) is 4.83. The van der Waals surface area contributed by atoms with E-state index < -0.39 is 0 Å². The zero-order valence-corrected chi connectivity index (χ0v) is 14.4. The number of hydrogen-bond acceptors (Lipinski definition) is 2. The maximum absolute atomic E-state index is 12.6. The normalized spacial score (nSPS) is 20.7. The van der Waals surface area contributed by atoms with Crippen molar-refractivity contribution in [1.29, 1.82) is 0 Å². The van der Waals surface area contributed by atoms with Gasteiger partial charge in [0.05, 0.1) is 0 Å². The van der Waals surface area contributed by atoms with Crippen molar-refractivity contribution >= 4 is 11.8 Å². The van der Waals surface area contributed by atoms with Gasteiger partial charge in [-0.3, -0.25) is 9.59 Å². The second-order valence-corrected chi connectivity index (χ2v) is 7.10. The van der Waals surface area contributed by atoms with Crippen LogP contribution >= 0.6 is 0 Å². The summed E-state index contributed by atoms with van der Waals surface area (Å²) < 4.78 is 0. The molecule has 1 aromatic rings. The SMILES string of the molecule is O=C(NCCCC(=O)N1CCCC[C@H]1Cc1ccccc1)C1CC1. The number of hydrogen-bond donors (Lipinski definition) is 1. The molecule has 2 fully saturated rings. The molecular weight excluding hydrogens is 300 g/mol. The van der Waals surface area contributed by atoms with E-state index in [-0.39, 0.29) is 17.7 Å². The summed E-state index contributed by atoms with van der Waals surface area (Å²) >= 11 is 0. The van der Waals surface area contributed by atoms with Crippen LogP contribution < -0.4 is 5.32 Å². The van der Waals surface area contributed by atoms with Gasteiger partial charge in [-0.2, -0.15) is 0 Å². The number of carbonyl (C=O) groups is 2. The van der Waals surface area contributed by atoms with Gasteiger partial charge >= 0.3 is 0 Å². The summed E-state index contributed by atoms with van der Waals surface area (Å²) in [4.78, 5) is 26.3. The summed E-state index contributed by atoms with van der Waals surface area (Å²) in [6.45, 7) is 1.50. The van der Waals surface area contributed by atoms with E-state index in [1.807, 2.05) is 6.07 Å². The number of rotatable bonds is 7. The Hall–Kier alpha value is -1.84. The van der Waals surface area contributed by atoms with Crippen LogP contribution in [0, 0.1) is 5.92 Å². The van der Waals surface area contributed by atoms with E-state index in [2.05, 4.69) is 34.5 Å². The molecule has 0 unspecified atom stereocenters. The first-order valence-electron chi connectivity index (χ1n) is 9.35. The topological polar surface area (TPSA) is 49.4 Å². The molecule has 1 aromatic carbocycles. The van der Waals surface area contributed by atoms with Crippen molar-refractivity contribution in [2.45, 2.75) is 57.4 Å². The Bertz CT molecular complexity index is 554. The minimum atomic E-state index is 0.169. The van der Waals surface area contributed by atoms with Crippen LogP contribution in [-0.2, 0) is 16.0 Å². The molecule has 1 saturated heterocycles. The number of benzene rings is 1. The van der Waals surface area contributed by atoms with Gasteiger partial charge in [-0.1, -0.05) is 30.3 Å². The zero-order chi connectivity index (χ0) is 16.8. The summed E-state index contributed by atoms with van der Waals surface area (Å²) in [7, 11) is 0. The summed E-state index contributed by atoms with van der Waals surface area (Å²) in [5.74, 6) is 0.664.